The van der Waals surface area contributed by atoms with E-state index < -0.39 is 0 Å². The number of para-hydroxylation sites is 1. The molecule has 1 heterocycles. The Labute approximate surface area is 88.1 Å². The Morgan fingerprint density at radius 3 is 2.86 bits per heavy atom. The second-order valence-electron chi connectivity index (χ2n) is 3.83. The fourth-order valence-corrected chi connectivity index (χ4v) is 3.06. The van der Waals surface area contributed by atoms with Crippen LogP contribution in [0, 0.1) is 0 Å². The van der Waals surface area contributed by atoms with E-state index in [1.807, 2.05) is 18.2 Å². The van der Waals surface area contributed by atoms with Crippen molar-refractivity contribution in [2.24, 2.45) is 0 Å². The highest BCUT2D eigenvalue weighted by atomic mass is 32.2. The van der Waals surface area contributed by atoms with Crippen molar-refractivity contribution < 1.29 is 4.79 Å². The highest BCUT2D eigenvalue weighted by molar-refractivity contribution is 8.01. The Kier molecular flexibility index (Phi) is 2.27. The maximum Gasteiger partial charge on any atom is 0.133 e. The topological polar surface area (TPSA) is 29.1 Å². The third-order valence-electron chi connectivity index (χ3n) is 2.21. The van der Waals surface area contributed by atoms with E-state index in [2.05, 4.69) is 18.3 Å². The summed E-state index contributed by atoms with van der Waals surface area (Å²) >= 11 is 1.73. The van der Waals surface area contributed by atoms with Gasteiger partial charge in [0, 0.05) is 17.0 Å². The predicted octanol–water partition coefficient (Wildman–Crippen LogP) is 2.90. The summed E-state index contributed by atoms with van der Waals surface area (Å²) in [6.45, 7) is 3.70. The van der Waals surface area contributed by atoms with Crippen LogP contribution in [0.3, 0.4) is 0 Å². The minimum absolute atomic E-state index is 0.157. The number of hydrogen-bond acceptors (Lipinski definition) is 3. The van der Waals surface area contributed by atoms with Crippen LogP contribution in [0.15, 0.2) is 29.2 Å². The van der Waals surface area contributed by atoms with Crippen LogP contribution in [-0.2, 0) is 4.79 Å². The van der Waals surface area contributed by atoms with Gasteiger partial charge in [-0.15, -0.1) is 0 Å². The number of Topliss-reactive ketones (excluding diaryl/α,β-unsaturated/α-hetero) is 1. The van der Waals surface area contributed by atoms with Crippen molar-refractivity contribution in [1.82, 2.24) is 0 Å². The SMILES string of the molecule is CC(=O)CC1(C)Nc2ccccc2S1. The monoisotopic (exact) mass is 207 g/mol. The van der Waals surface area contributed by atoms with Gasteiger partial charge in [0.1, 0.15) is 5.78 Å². The van der Waals surface area contributed by atoms with Crippen molar-refractivity contribution >= 4 is 23.2 Å². The van der Waals surface area contributed by atoms with E-state index in [9.17, 15) is 4.79 Å². The van der Waals surface area contributed by atoms with Crippen LogP contribution < -0.4 is 5.32 Å². The summed E-state index contributed by atoms with van der Waals surface area (Å²) < 4.78 is 0. The molecule has 74 valence electrons. The van der Waals surface area contributed by atoms with Crippen LogP contribution in [0.4, 0.5) is 5.69 Å². The van der Waals surface area contributed by atoms with Gasteiger partial charge in [0.15, 0.2) is 0 Å². The van der Waals surface area contributed by atoms with Crippen molar-refractivity contribution in [3.05, 3.63) is 24.3 Å². The molecule has 1 N–H and O–H groups in total. The summed E-state index contributed by atoms with van der Waals surface area (Å²) in [6, 6.07) is 8.16. The van der Waals surface area contributed by atoms with Gasteiger partial charge in [-0.05, 0) is 26.0 Å². The molecule has 0 amide bonds. The van der Waals surface area contributed by atoms with E-state index in [4.69, 9.17) is 0 Å². The second-order valence-corrected chi connectivity index (χ2v) is 5.38. The molecule has 2 nitrogen and oxygen atoms in total. The van der Waals surface area contributed by atoms with E-state index in [1.165, 1.54) is 4.90 Å². The highest BCUT2D eigenvalue weighted by Crippen LogP contribution is 2.46. The average Bonchev–Trinajstić information content (AvgIpc) is 2.38. The molecule has 1 aromatic carbocycles. The molecule has 0 radical (unpaired) electrons. The first-order valence-electron chi connectivity index (χ1n) is 4.65. The number of carbonyl (C=O) groups is 1. The second kappa shape index (κ2) is 3.31. The number of ketones is 1. The largest absolute Gasteiger partial charge is 0.369 e. The quantitative estimate of drug-likeness (QED) is 0.808. The molecule has 1 aliphatic heterocycles. The van der Waals surface area contributed by atoms with Gasteiger partial charge in [-0.3, -0.25) is 4.79 Å². The Balaban J connectivity index is 2.21. The molecular formula is C11H13NOS. The minimum atomic E-state index is -0.157. The van der Waals surface area contributed by atoms with Gasteiger partial charge in [-0.2, -0.15) is 0 Å². The van der Waals surface area contributed by atoms with Crippen molar-refractivity contribution in [2.75, 3.05) is 5.32 Å². The summed E-state index contributed by atoms with van der Waals surface area (Å²) in [6.07, 6.45) is 0.562. The molecule has 1 aromatic rings. The normalized spacial score (nSPS) is 24.1. The number of carbonyl (C=O) groups excluding carboxylic acids is 1. The lowest BCUT2D eigenvalue weighted by Gasteiger charge is -2.22. The van der Waals surface area contributed by atoms with Gasteiger partial charge in [0.25, 0.3) is 0 Å². The number of anilines is 1. The van der Waals surface area contributed by atoms with Crippen LogP contribution in [0.25, 0.3) is 0 Å². The molecule has 1 unspecified atom stereocenters. The molecule has 0 spiro atoms. The third kappa shape index (κ3) is 1.77. The van der Waals surface area contributed by atoms with Gasteiger partial charge in [-0.1, -0.05) is 23.9 Å². The summed E-state index contributed by atoms with van der Waals surface area (Å²) in [5.74, 6) is 0.223. The highest BCUT2D eigenvalue weighted by Gasteiger charge is 2.33. The molecule has 0 aliphatic carbocycles. The first kappa shape index (κ1) is 9.59. The van der Waals surface area contributed by atoms with Crippen LogP contribution >= 0.6 is 11.8 Å². The summed E-state index contributed by atoms with van der Waals surface area (Å²) in [5, 5.41) is 3.38. The smallest absolute Gasteiger partial charge is 0.133 e. The maximum atomic E-state index is 11.1. The molecule has 3 heteroatoms. The minimum Gasteiger partial charge on any atom is -0.369 e. The Morgan fingerprint density at radius 1 is 1.50 bits per heavy atom. The van der Waals surface area contributed by atoms with Crippen LogP contribution in [0.2, 0.25) is 0 Å². The van der Waals surface area contributed by atoms with E-state index >= 15 is 0 Å². The Morgan fingerprint density at radius 2 is 2.21 bits per heavy atom. The standard InChI is InChI=1S/C11H13NOS/c1-8(13)7-11(2)12-9-5-3-4-6-10(9)14-11/h3-6,12H,7H2,1-2H3. The van der Waals surface area contributed by atoms with Gasteiger partial charge in [0.2, 0.25) is 0 Å². The molecule has 0 saturated carbocycles. The zero-order valence-corrected chi connectivity index (χ0v) is 9.15. The van der Waals surface area contributed by atoms with Gasteiger partial charge in [-0.25, -0.2) is 0 Å². The molecule has 0 fully saturated rings. The number of rotatable bonds is 2. The average molecular weight is 207 g/mol. The fraction of sp³-hybridized carbons (Fsp3) is 0.364. The number of hydrogen-bond donors (Lipinski definition) is 1. The van der Waals surface area contributed by atoms with E-state index in [-0.39, 0.29) is 10.7 Å². The molecule has 2 rings (SSSR count). The van der Waals surface area contributed by atoms with Crippen LogP contribution in [-0.4, -0.2) is 10.7 Å². The Bertz CT molecular complexity index is 350. The van der Waals surface area contributed by atoms with Crippen molar-refractivity contribution in [2.45, 2.75) is 30.0 Å². The van der Waals surface area contributed by atoms with E-state index in [0.29, 0.717) is 6.42 Å². The molecule has 0 bridgehead atoms. The molecule has 1 atom stereocenters. The molecule has 0 aromatic heterocycles. The van der Waals surface area contributed by atoms with Gasteiger partial charge < -0.3 is 5.32 Å². The predicted molar refractivity (Wildman–Crippen MR) is 59.6 cm³/mol. The molecule has 14 heavy (non-hydrogen) atoms. The van der Waals surface area contributed by atoms with Crippen LogP contribution in [0.5, 0.6) is 0 Å². The molecule has 0 saturated heterocycles. The Hall–Kier alpha value is -0.960. The first-order valence-corrected chi connectivity index (χ1v) is 5.46. The first-order chi connectivity index (χ1) is 6.59. The lowest BCUT2D eigenvalue weighted by atomic mass is 10.1. The van der Waals surface area contributed by atoms with Gasteiger partial charge >= 0.3 is 0 Å². The molecule has 1 aliphatic rings. The number of thioether (sulfide) groups is 1. The molecular weight excluding hydrogens is 194 g/mol. The lowest BCUT2D eigenvalue weighted by Crippen LogP contribution is -2.29. The zero-order chi connectivity index (χ0) is 10.2. The van der Waals surface area contributed by atoms with Crippen molar-refractivity contribution in [3.63, 3.8) is 0 Å². The number of nitrogens with one attached hydrogen (secondary N) is 1. The zero-order valence-electron chi connectivity index (χ0n) is 8.33. The summed E-state index contributed by atoms with van der Waals surface area (Å²) in [5.41, 5.74) is 1.14. The number of benzene rings is 1. The summed E-state index contributed by atoms with van der Waals surface area (Å²) in [4.78, 5) is 12.2. The van der Waals surface area contributed by atoms with Gasteiger partial charge in [0.05, 0.1) is 4.87 Å². The maximum absolute atomic E-state index is 11.1. The summed E-state index contributed by atoms with van der Waals surface area (Å²) in [7, 11) is 0. The van der Waals surface area contributed by atoms with Crippen molar-refractivity contribution in [3.8, 4) is 0 Å². The van der Waals surface area contributed by atoms with E-state index in [1.54, 1.807) is 18.7 Å². The van der Waals surface area contributed by atoms with Crippen LogP contribution in [0.1, 0.15) is 20.3 Å². The fourth-order valence-electron chi connectivity index (χ4n) is 1.77. The van der Waals surface area contributed by atoms with Crippen molar-refractivity contribution in [1.29, 1.82) is 0 Å². The number of fused-ring (bicyclic) bond motifs is 1. The third-order valence-corrected chi connectivity index (χ3v) is 3.48. The lowest BCUT2D eigenvalue weighted by molar-refractivity contribution is -0.117. The van der Waals surface area contributed by atoms with E-state index in [0.717, 1.165) is 5.69 Å².